The molecule has 1 amide bonds. The molecule has 0 bridgehead atoms. The van der Waals surface area contributed by atoms with E-state index in [-0.39, 0.29) is 22.8 Å². The second-order valence-corrected chi connectivity index (χ2v) is 18.6. The van der Waals surface area contributed by atoms with Gasteiger partial charge in [0.15, 0.2) is 9.84 Å². The van der Waals surface area contributed by atoms with Gasteiger partial charge >= 0.3 is 6.09 Å². The molecule has 1 fully saturated rings. The zero-order chi connectivity index (χ0) is 23.9. The van der Waals surface area contributed by atoms with Crippen LogP contribution >= 0.6 is 0 Å². The third-order valence-electron chi connectivity index (χ3n) is 5.75. The Hall–Kier alpha value is -1.87. The van der Waals surface area contributed by atoms with Gasteiger partial charge in [0.25, 0.3) is 0 Å². The Labute approximate surface area is 191 Å². The lowest BCUT2D eigenvalue weighted by molar-refractivity contribution is 0.0204. The van der Waals surface area contributed by atoms with Crippen molar-refractivity contribution >= 4 is 34.9 Å². The van der Waals surface area contributed by atoms with Crippen LogP contribution in [-0.2, 0) is 14.6 Å². The largest absolute Gasteiger partial charge is 0.444 e. The van der Waals surface area contributed by atoms with Gasteiger partial charge in [0.1, 0.15) is 16.4 Å². The minimum Gasteiger partial charge on any atom is -0.444 e. The molecule has 1 aliphatic heterocycles. The Bertz CT molecular complexity index is 1090. The molecule has 3 rings (SSSR count). The molecule has 1 aromatic heterocycles. The SMILES string of the molecule is CC(C)(C)OC(=O)N1CCC(c2c(S(=O)(=O)CC[Si](C)(C)C)[nH]c3ccc(F)cc23)CC1. The molecule has 32 heavy (non-hydrogen) atoms. The van der Waals surface area contributed by atoms with E-state index < -0.39 is 29.3 Å². The molecule has 2 aromatic rings. The van der Waals surface area contributed by atoms with E-state index in [2.05, 4.69) is 24.6 Å². The number of amides is 1. The Morgan fingerprint density at radius 3 is 2.41 bits per heavy atom. The summed E-state index contributed by atoms with van der Waals surface area (Å²) in [5, 5.41) is 0.833. The van der Waals surface area contributed by atoms with Crippen molar-refractivity contribution in [1.82, 2.24) is 9.88 Å². The molecule has 1 aromatic carbocycles. The lowest BCUT2D eigenvalue weighted by Gasteiger charge is -2.33. The molecule has 0 saturated carbocycles. The van der Waals surface area contributed by atoms with Gasteiger partial charge in [-0.1, -0.05) is 19.6 Å². The summed E-state index contributed by atoms with van der Waals surface area (Å²) in [4.78, 5) is 17.2. The summed E-state index contributed by atoms with van der Waals surface area (Å²) in [6, 6.07) is 5.02. The number of aromatic amines is 1. The summed E-state index contributed by atoms with van der Waals surface area (Å²) in [5.74, 6) is -0.391. The molecule has 0 unspecified atom stereocenters. The zero-order valence-electron chi connectivity index (χ0n) is 19.9. The van der Waals surface area contributed by atoms with Crippen molar-refractivity contribution in [1.29, 1.82) is 0 Å². The number of carbonyl (C=O) groups excluding carboxylic acids is 1. The second-order valence-electron chi connectivity index (χ2n) is 10.9. The van der Waals surface area contributed by atoms with Crippen LogP contribution in [-0.4, -0.2) is 56.9 Å². The van der Waals surface area contributed by atoms with Crippen LogP contribution in [0.4, 0.5) is 9.18 Å². The first-order valence-electron chi connectivity index (χ1n) is 11.2. The summed E-state index contributed by atoms with van der Waals surface area (Å²) in [5.41, 5.74) is 0.723. The number of nitrogens with one attached hydrogen (secondary N) is 1. The third kappa shape index (κ3) is 5.92. The van der Waals surface area contributed by atoms with Crippen molar-refractivity contribution in [3.63, 3.8) is 0 Å². The number of fused-ring (bicyclic) bond motifs is 1. The molecule has 1 N–H and O–H groups in total. The highest BCUT2D eigenvalue weighted by Crippen LogP contribution is 2.39. The Kier molecular flexibility index (Phi) is 6.82. The van der Waals surface area contributed by atoms with Crippen LogP contribution in [0.5, 0.6) is 0 Å². The average Bonchev–Trinajstić information content (AvgIpc) is 3.04. The fourth-order valence-electron chi connectivity index (χ4n) is 4.03. The van der Waals surface area contributed by atoms with Crippen molar-refractivity contribution in [2.75, 3.05) is 18.8 Å². The Morgan fingerprint density at radius 1 is 1.22 bits per heavy atom. The van der Waals surface area contributed by atoms with Gasteiger partial charge in [0, 0.05) is 37.6 Å². The number of benzene rings is 1. The highest BCUT2D eigenvalue weighted by molar-refractivity contribution is 7.91. The Balaban J connectivity index is 1.91. The molecule has 0 spiro atoms. The predicted molar refractivity (Wildman–Crippen MR) is 128 cm³/mol. The fourth-order valence-corrected chi connectivity index (χ4v) is 8.64. The first-order chi connectivity index (χ1) is 14.7. The molecule has 1 aliphatic rings. The highest BCUT2D eigenvalue weighted by atomic mass is 32.2. The molecule has 0 aliphatic carbocycles. The number of halogens is 1. The van der Waals surface area contributed by atoms with Crippen molar-refractivity contribution in [2.45, 2.75) is 75.8 Å². The normalized spacial score (nSPS) is 16.5. The predicted octanol–water partition coefficient (Wildman–Crippen LogP) is 5.53. The smallest absolute Gasteiger partial charge is 0.410 e. The van der Waals surface area contributed by atoms with Crippen LogP contribution in [0.25, 0.3) is 10.9 Å². The van der Waals surface area contributed by atoms with Crippen LogP contribution in [0.1, 0.15) is 45.1 Å². The molecular weight excluding hydrogens is 447 g/mol. The standard InChI is InChI=1S/C23H35FN2O4SSi/c1-23(2,3)30-22(27)26-11-9-16(10-12-26)20-18-15-17(24)7-8-19(18)25-21(20)31(28,29)13-14-32(4,5)6/h7-8,15-16,25H,9-14H2,1-6H3. The third-order valence-corrected chi connectivity index (χ3v) is 9.55. The van der Waals surface area contributed by atoms with Crippen molar-refractivity contribution in [3.8, 4) is 0 Å². The quantitative estimate of drug-likeness (QED) is 0.568. The molecular formula is C23H35FN2O4SSi. The number of aromatic nitrogens is 1. The number of hydrogen-bond acceptors (Lipinski definition) is 4. The van der Waals surface area contributed by atoms with E-state index in [1.165, 1.54) is 12.1 Å². The summed E-state index contributed by atoms with van der Waals surface area (Å²) in [7, 11) is -5.11. The number of carbonyl (C=O) groups is 1. The number of hydrogen-bond donors (Lipinski definition) is 1. The number of ether oxygens (including phenoxy) is 1. The van der Waals surface area contributed by atoms with Gasteiger partial charge in [0.2, 0.25) is 0 Å². The second kappa shape index (κ2) is 8.82. The molecule has 0 radical (unpaired) electrons. The number of rotatable bonds is 5. The summed E-state index contributed by atoms with van der Waals surface area (Å²) in [6.07, 6.45) is 0.835. The van der Waals surface area contributed by atoms with Gasteiger partial charge in [-0.25, -0.2) is 17.6 Å². The van der Waals surface area contributed by atoms with E-state index in [4.69, 9.17) is 4.74 Å². The monoisotopic (exact) mass is 482 g/mol. The summed E-state index contributed by atoms with van der Waals surface area (Å²) >= 11 is 0. The van der Waals surface area contributed by atoms with E-state index >= 15 is 0 Å². The van der Waals surface area contributed by atoms with Crippen LogP contribution in [0.3, 0.4) is 0 Å². The van der Waals surface area contributed by atoms with Gasteiger partial charge in [0.05, 0.1) is 5.75 Å². The first-order valence-corrected chi connectivity index (χ1v) is 16.5. The Morgan fingerprint density at radius 2 is 1.84 bits per heavy atom. The lowest BCUT2D eigenvalue weighted by Crippen LogP contribution is -2.41. The number of nitrogens with zero attached hydrogens (tertiary/aromatic N) is 1. The first kappa shape index (κ1) is 24.8. The maximum Gasteiger partial charge on any atom is 0.410 e. The van der Waals surface area contributed by atoms with E-state index in [1.54, 1.807) is 11.0 Å². The van der Waals surface area contributed by atoms with E-state index in [0.717, 1.165) is 0 Å². The zero-order valence-corrected chi connectivity index (χ0v) is 21.7. The van der Waals surface area contributed by atoms with Gasteiger partial charge in [-0.05, 0) is 63.8 Å². The van der Waals surface area contributed by atoms with E-state index in [9.17, 15) is 17.6 Å². The molecule has 178 valence electrons. The lowest BCUT2D eigenvalue weighted by atomic mass is 9.89. The average molecular weight is 483 g/mol. The van der Waals surface area contributed by atoms with Gasteiger partial charge in [-0.3, -0.25) is 0 Å². The van der Waals surface area contributed by atoms with Gasteiger partial charge < -0.3 is 14.6 Å². The maximum atomic E-state index is 14.1. The molecule has 6 nitrogen and oxygen atoms in total. The van der Waals surface area contributed by atoms with Crippen molar-refractivity contribution in [3.05, 3.63) is 29.6 Å². The fraction of sp³-hybridized carbons (Fsp3) is 0.609. The van der Waals surface area contributed by atoms with Crippen LogP contribution in [0.15, 0.2) is 23.2 Å². The van der Waals surface area contributed by atoms with Crippen LogP contribution in [0.2, 0.25) is 25.7 Å². The number of sulfone groups is 1. The molecule has 2 heterocycles. The number of H-pyrrole nitrogens is 1. The minimum atomic E-state index is -3.55. The number of piperidine rings is 1. The van der Waals surface area contributed by atoms with Crippen molar-refractivity contribution in [2.24, 2.45) is 0 Å². The molecule has 0 atom stereocenters. The van der Waals surface area contributed by atoms with Crippen LogP contribution < -0.4 is 0 Å². The maximum absolute atomic E-state index is 14.1. The van der Waals surface area contributed by atoms with Crippen LogP contribution in [0, 0.1) is 5.82 Å². The van der Waals surface area contributed by atoms with E-state index in [0.29, 0.717) is 48.4 Å². The van der Waals surface area contributed by atoms with Gasteiger partial charge in [-0.2, -0.15) is 0 Å². The molecule has 1 saturated heterocycles. The minimum absolute atomic E-state index is 0.0825. The highest BCUT2D eigenvalue weighted by Gasteiger charge is 2.33. The van der Waals surface area contributed by atoms with E-state index in [1.807, 2.05) is 20.8 Å². The topological polar surface area (TPSA) is 79.5 Å². The summed E-state index contributed by atoms with van der Waals surface area (Å²) < 4.78 is 46.2. The summed E-state index contributed by atoms with van der Waals surface area (Å²) in [6.45, 7) is 12.9. The van der Waals surface area contributed by atoms with Crippen molar-refractivity contribution < 1.29 is 22.3 Å². The molecule has 9 heteroatoms. The number of likely N-dealkylation sites (tertiary alicyclic amines) is 1. The van der Waals surface area contributed by atoms with Gasteiger partial charge in [-0.15, -0.1) is 0 Å².